The number of carbonyl (C=O) groups is 1. The first-order valence-electron chi connectivity index (χ1n) is 6.18. The molecular formula is C13H21NO. The van der Waals surface area contributed by atoms with E-state index in [-0.39, 0.29) is 5.54 Å². The van der Waals surface area contributed by atoms with E-state index in [0.717, 1.165) is 12.3 Å². The van der Waals surface area contributed by atoms with Crippen LogP contribution < -0.4 is 5.32 Å². The van der Waals surface area contributed by atoms with Gasteiger partial charge in [-0.15, -0.1) is 0 Å². The summed E-state index contributed by atoms with van der Waals surface area (Å²) in [6.45, 7) is 4.86. The summed E-state index contributed by atoms with van der Waals surface area (Å²) >= 11 is 0. The first-order valence-corrected chi connectivity index (χ1v) is 6.18. The molecule has 4 fully saturated rings. The van der Waals surface area contributed by atoms with Crippen LogP contribution in [0.5, 0.6) is 0 Å². The van der Waals surface area contributed by atoms with Crippen LogP contribution in [0.15, 0.2) is 0 Å². The van der Waals surface area contributed by atoms with Crippen LogP contribution in [-0.2, 0) is 4.79 Å². The second kappa shape index (κ2) is 2.58. The molecule has 4 atom stereocenters. The van der Waals surface area contributed by atoms with Gasteiger partial charge in [-0.25, -0.2) is 0 Å². The average molecular weight is 207 g/mol. The lowest BCUT2D eigenvalue weighted by Crippen LogP contribution is -2.63. The van der Waals surface area contributed by atoms with Gasteiger partial charge in [-0.2, -0.15) is 0 Å². The second-order valence-corrected chi connectivity index (χ2v) is 7.17. The Hall–Kier alpha value is -0.530. The van der Waals surface area contributed by atoms with Crippen molar-refractivity contribution < 1.29 is 4.79 Å². The standard InChI is InChI=1S/C13H21NO/c1-11-3-10-4-12(2,6-11)8-13(5-10,7-11)14-9-15/h9-10H,3-8H2,1-2H3,(H,14,15)/t10?,11-,12+,13?. The van der Waals surface area contributed by atoms with Crippen molar-refractivity contribution in [3.63, 3.8) is 0 Å². The third-order valence-corrected chi connectivity index (χ3v) is 4.99. The van der Waals surface area contributed by atoms with Crippen molar-refractivity contribution in [2.75, 3.05) is 0 Å². The molecule has 0 aliphatic heterocycles. The van der Waals surface area contributed by atoms with Crippen molar-refractivity contribution in [2.24, 2.45) is 16.7 Å². The fraction of sp³-hybridized carbons (Fsp3) is 0.923. The Morgan fingerprint density at radius 2 is 1.67 bits per heavy atom. The predicted octanol–water partition coefficient (Wildman–Crippen LogP) is 2.48. The number of rotatable bonds is 2. The lowest BCUT2D eigenvalue weighted by molar-refractivity contribution is -0.131. The molecule has 84 valence electrons. The molecule has 0 aromatic carbocycles. The van der Waals surface area contributed by atoms with Crippen LogP contribution in [0.3, 0.4) is 0 Å². The summed E-state index contributed by atoms with van der Waals surface area (Å²) in [5.74, 6) is 0.865. The minimum absolute atomic E-state index is 0.157. The molecule has 0 spiro atoms. The quantitative estimate of drug-likeness (QED) is 0.692. The van der Waals surface area contributed by atoms with Crippen LogP contribution in [0, 0.1) is 16.7 Å². The fourth-order valence-electron chi connectivity index (χ4n) is 5.73. The van der Waals surface area contributed by atoms with Gasteiger partial charge < -0.3 is 5.32 Å². The highest BCUT2D eigenvalue weighted by atomic mass is 16.1. The molecule has 4 bridgehead atoms. The number of hydrogen-bond acceptors (Lipinski definition) is 1. The van der Waals surface area contributed by atoms with E-state index in [9.17, 15) is 4.79 Å². The monoisotopic (exact) mass is 207 g/mol. The van der Waals surface area contributed by atoms with E-state index >= 15 is 0 Å². The van der Waals surface area contributed by atoms with Crippen LogP contribution in [0.2, 0.25) is 0 Å². The number of hydrogen-bond donors (Lipinski definition) is 1. The molecule has 4 aliphatic rings. The molecular weight excluding hydrogens is 186 g/mol. The van der Waals surface area contributed by atoms with Crippen molar-refractivity contribution in [3.8, 4) is 0 Å². The van der Waals surface area contributed by atoms with Gasteiger partial charge in [-0.3, -0.25) is 4.79 Å². The maximum atomic E-state index is 10.8. The zero-order chi connectivity index (χ0) is 10.7. The minimum Gasteiger partial charge on any atom is -0.353 e. The van der Waals surface area contributed by atoms with Gasteiger partial charge in [0.2, 0.25) is 6.41 Å². The normalized spacial score (nSPS) is 56.8. The van der Waals surface area contributed by atoms with Crippen LogP contribution >= 0.6 is 0 Å². The summed E-state index contributed by atoms with van der Waals surface area (Å²) in [5.41, 5.74) is 1.17. The highest BCUT2D eigenvalue weighted by Gasteiger charge is 2.59. The van der Waals surface area contributed by atoms with Gasteiger partial charge in [0.1, 0.15) is 0 Å². The third-order valence-electron chi connectivity index (χ3n) is 4.99. The molecule has 1 N–H and O–H groups in total. The van der Waals surface area contributed by atoms with E-state index in [1.54, 1.807) is 0 Å². The zero-order valence-electron chi connectivity index (χ0n) is 9.81. The van der Waals surface area contributed by atoms with Gasteiger partial charge in [-0.05, 0) is 55.3 Å². The van der Waals surface area contributed by atoms with Gasteiger partial charge in [0.15, 0.2) is 0 Å². The maximum absolute atomic E-state index is 10.8. The van der Waals surface area contributed by atoms with E-state index < -0.39 is 0 Å². The molecule has 0 aromatic heterocycles. The molecule has 2 unspecified atom stereocenters. The third kappa shape index (κ3) is 1.33. The molecule has 0 radical (unpaired) electrons. The molecule has 4 aliphatic carbocycles. The van der Waals surface area contributed by atoms with Crippen molar-refractivity contribution in [1.29, 1.82) is 0 Å². The maximum Gasteiger partial charge on any atom is 0.207 e. The molecule has 2 nitrogen and oxygen atoms in total. The fourth-order valence-corrected chi connectivity index (χ4v) is 5.73. The van der Waals surface area contributed by atoms with Crippen LogP contribution in [0.1, 0.15) is 52.4 Å². The molecule has 4 rings (SSSR count). The molecule has 2 heteroatoms. The molecule has 1 amide bonds. The smallest absolute Gasteiger partial charge is 0.207 e. The summed E-state index contributed by atoms with van der Waals surface area (Å²) < 4.78 is 0. The Morgan fingerprint density at radius 1 is 1.07 bits per heavy atom. The Bertz CT molecular complexity index is 294. The van der Waals surface area contributed by atoms with E-state index in [2.05, 4.69) is 19.2 Å². The summed E-state index contributed by atoms with van der Waals surface area (Å²) in [5, 5.41) is 3.16. The van der Waals surface area contributed by atoms with Crippen molar-refractivity contribution in [3.05, 3.63) is 0 Å². The number of carbonyl (C=O) groups excluding carboxylic acids is 1. The summed E-state index contributed by atoms with van der Waals surface area (Å²) in [6.07, 6.45) is 8.75. The minimum atomic E-state index is 0.157. The Labute approximate surface area is 91.8 Å². The van der Waals surface area contributed by atoms with Crippen molar-refractivity contribution >= 4 is 6.41 Å². The Morgan fingerprint density at radius 3 is 2.13 bits per heavy atom. The summed E-state index contributed by atoms with van der Waals surface area (Å²) in [7, 11) is 0. The number of amides is 1. The van der Waals surface area contributed by atoms with Gasteiger partial charge in [0, 0.05) is 5.54 Å². The topological polar surface area (TPSA) is 29.1 Å². The first kappa shape index (κ1) is 9.68. The highest BCUT2D eigenvalue weighted by Crippen LogP contribution is 2.66. The lowest BCUT2D eigenvalue weighted by Gasteiger charge is -2.65. The summed E-state index contributed by atoms with van der Waals surface area (Å²) in [6, 6.07) is 0. The van der Waals surface area contributed by atoms with Crippen LogP contribution in [0.4, 0.5) is 0 Å². The van der Waals surface area contributed by atoms with Crippen LogP contribution in [-0.4, -0.2) is 11.9 Å². The van der Waals surface area contributed by atoms with Gasteiger partial charge in [0.05, 0.1) is 0 Å². The Kier molecular flexibility index (Phi) is 1.67. The molecule has 0 aromatic rings. The molecule has 15 heavy (non-hydrogen) atoms. The largest absolute Gasteiger partial charge is 0.353 e. The van der Waals surface area contributed by atoms with E-state index in [1.807, 2.05) is 0 Å². The lowest BCUT2D eigenvalue weighted by atomic mass is 9.43. The van der Waals surface area contributed by atoms with Gasteiger partial charge >= 0.3 is 0 Å². The Balaban J connectivity index is 1.98. The second-order valence-electron chi connectivity index (χ2n) is 7.17. The molecule has 0 saturated heterocycles. The SMILES string of the molecule is C[C@]12CC3CC(NC=O)(C1)C[C@@](C)(C3)C2. The first-order chi connectivity index (χ1) is 6.97. The number of nitrogens with one attached hydrogen (secondary N) is 1. The molecule has 4 saturated carbocycles. The average Bonchev–Trinajstić information content (AvgIpc) is 1.94. The van der Waals surface area contributed by atoms with Crippen LogP contribution in [0.25, 0.3) is 0 Å². The van der Waals surface area contributed by atoms with E-state index in [1.165, 1.54) is 38.5 Å². The summed E-state index contributed by atoms with van der Waals surface area (Å²) in [4.78, 5) is 10.8. The predicted molar refractivity (Wildman–Crippen MR) is 59.3 cm³/mol. The highest BCUT2D eigenvalue weighted by molar-refractivity contribution is 5.48. The zero-order valence-corrected chi connectivity index (χ0v) is 9.81. The van der Waals surface area contributed by atoms with Crippen molar-refractivity contribution in [2.45, 2.75) is 57.9 Å². The van der Waals surface area contributed by atoms with Crippen molar-refractivity contribution in [1.82, 2.24) is 5.32 Å². The van der Waals surface area contributed by atoms with E-state index in [0.29, 0.717) is 10.8 Å². The molecule has 0 heterocycles. The van der Waals surface area contributed by atoms with Gasteiger partial charge in [-0.1, -0.05) is 13.8 Å². The van der Waals surface area contributed by atoms with Gasteiger partial charge in [0.25, 0.3) is 0 Å². The van der Waals surface area contributed by atoms with E-state index in [4.69, 9.17) is 0 Å².